The number of phenols is 1. The number of carbonyl (C=O) groups is 2. The normalized spacial score (nSPS) is 12.3. The molecule has 3 aromatic carbocycles. The third-order valence-corrected chi connectivity index (χ3v) is 7.31. The Bertz CT molecular complexity index is 1540. The highest BCUT2D eigenvalue weighted by Crippen LogP contribution is 2.30. The second-order valence-corrected chi connectivity index (χ2v) is 10.6. The highest BCUT2D eigenvalue weighted by molar-refractivity contribution is 6.17. The van der Waals surface area contributed by atoms with Gasteiger partial charge in [0.25, 0.3) is 0 Å². The van der Waals surface area contributed by atoms with Gasteiger partial charge in [-0.15, -0.1) is 15.0 Å². The van der Waals surface area contributed by atoms with Crippen LogP contribution in [0.1, 0.15) is 56.2 Å². The number of hydrogen-bond acceptors (Lipinski definition) is 7. The molecule has 0 saturated heterocycles. The molecule has 0 amide bonds. The van der Waals surface area contributed by atoms with Crippen LogP contribution in [0, 0.1) is 12.8 Å². The number of rotatable bonds is 13. The SMILES string of the molecule is CCCCC(CC)COC(=O)C(=Cc1ccc(N(C)Cc2cc(C)cc(-n3nc4ccccc4n3)c2O)cc1)C(=O)O. The average molecular weight is 571 g/mol. The van der Waals surface area contributed by atoms with Crippen LogP contribution < -0.4 is 4.90 Å². The molecule has 0 fully saturated rings. The van der Waals surface area contributed by atoms with Crippen LogP contribution >= 0.6 is 0 Å². The molecule has 4 rings (SSSR count). The summed E-state index contributed by atoms with van der Waals surface area (Å²) in [5.74, 6) is -1.84. The van der Waals surface area contributed by atoms with Crippen molar-refractivity contribution < 1.29 is 24.5 Å². The van der Waals surface area contributed by atoms with Crippen LogP contribution in [0.3, 0.4) is 0 Å². The molecular formula is C33H38N4O5. The number of phenolic OH excluding ortho intramolecular Hbond substituents is 1. The maximum atomic E-state index is 12.6. The third kappa shape index (κ3) is 7.34. The molecule has 9 heteroatoms. The first-order valence-corrected chi connectivity index (χ1v) is 14.3. The number of nitrogens with zero attached hydrogens (tertiary/aromatic N) is 4. The second kappa shape index (κ2) is 13.8. The van der Waals surface area contributed by atoms with E-state index in [0.717, 1.165) is 48.0 Å². The smallest absolute Gasteiger partial charge is 0.345 e. The Labute approximate surface area is 246 Å². The molecule has 4 aromatic rings. The van der Waals surface area contributed by atoms with Crippen molar-refractivity contribution in [1.82, 2.24) is 15.0 Å². The number of aryl methyl sites for hydroxylation is 1. The van der Waals surface area contributed by atoms with Crippen LogP contribution in [-0.4, -0.2) is 50.8 Å². The minimum absolute atomic E-state index is 0.0944. The lowest BCUT2D eigenvalue weighted by Crippen LogP contribution is -2.19. The highest BCUT2D eigenvalue weighted by Gasteiger charge is 2.21. The number of esters is 1. The van der Waals surface area contributed by atoms with Gasteiger partial charge >= 0.3 is 11.9 Å². The van der Waals surface area contributed by atoms with E-state index in [4.69, 9.17) is 4.74 Å². The summed E-state index contributed by atoms with van der Waals surface area (Å²) in [5, 5.41) is 29.8. The molecule has 1 atom stereocenters. The van der Waals surface area contributed by atoms with Crippen molar-refractivity contribution in [2.24, 2.45) is 5.92 Å². The maximum Gasteiger partial charge on any atom is 0.345 e. The summed E-state index contributed by atoms with van der Waals surface area (Å²) >= 11 is 0. The number of carboxylic acids is 1. The fraction of sp³-hybridized carbons (Fsp3) is 0.333. The van der Waals surface area contributed by atoms with E-state index in [1.54, 1.807) is 12.1 Å². The number of aliphatic carboxylic acids is 1. The predicted molar refractivity (Wildman–Crippen MR) is 164 cm³/mol. The van der Waals surface area contributed by atoms with Crippen molar-refractivity contribution in [2.45, 2.75) is 53.0 Å². The highest BCUT2D eigenvalue weighted by atomic mass is 16.5. The summed E-state index contributed by atoms with van der Waals surface area (Å²) in [4.78, 5) is 27.8. The number of aromatic hydroxyl groups is 1. The summed E-state index contributed by atoms with van der Waals surface area (Å²) in [7, 11) is 1.90. The van der Waals surface area contributed by atoms with E-state index in [1.165, 1.54) is 10.9 Å². The molecule has 0 aliphatic carbocycles. The van der Waals surface area contributed by atoms with Gasteiger partial charge in [0.05, 0.1) is 6.61 Å². The Hall–Kier alpha value is -4.66. The molecule has 1 aromatic heterocycles. The zero-order valence-corrected chi connectivity index (χ0v) is 24.6. The van der Waals surface area contributed by atoms with Crippen molar-refractivity contribution in [3.63, 3.8) is 0 Å². The largest absolute Gasteiger partial charge is 0.505 e. The van der Waals surface area contributed by atoms with Crippen LogP contribution in [-0.2, 0) is 20.9 Å². The summed E-state index contributed by atoms with van der Waals surface area (Å²) in [6.45, 7) is 6.72. The molecule has 0 bridgehead atoms. The fourth-order valence-corrected chi connectivity index (χ4v) is 4.79. The Morgan fingerprint density at radius 1 is 1.05 bits per heavy atom. The standard InChI is InChI=1S/C33H38N4O5/c1-5-7-10-23(6-2)21-42-33(41)27(32(39)40)19-24-13-15-26(16-14-24)36(4)20-25-17-22(3)18-30(31(25)38)37-34-28-11-8-9-12-29(28)35-37/h8-9,11-19,23,38H,5-7,10,20-21H2,1-4H3,(H,39,40). The van der Waals surface area contributed by atoms with E-state index in [2.05, 4.69) is 17.1 Å². The third-order valence-electron chi connectivity index (χ3n) is 7.31. The number of aromatic nitrogens is 3. The van der Waals surface area contributed by atoms with Crippen LogP contribution in [0.5, 0.6) is 5.75 Å². The van der Waals surface area contributed by atoms with E-state index in [-0.39, 0.29) is 18.3 Å². The fourth-order valence-electron chi connectivity index (χ4n) is 4.79. The first-order chi connectivity index (χ1) is 20.2. The molecule has 220 valence electrons. The number of carboxylic acid groups (broad SMARTS) is 1. The van der Waals surface area contributed by atoms with Crippen LogP contribution in [0.4, 0.5) is 5.69 Å². The van der Waals surface area contributed by atoms with Crippen molar-refractivity contribution in [3.8, 4) is 11.4 Å². The summed E-state index contributed by atoms with van der Waals surface area (Å²) in [6, 6.07) is 18.5. The Morgan fingerprint density at radius 2 is 1.71 bits per heavy atom. The van der Waals surface area contributed by atoms with E-state index in [9.17, 15) is 19.8 Å². The first-order valence-electron chi connectivity index (χ1n) is 14.3. The zero-order chi connectivity index (χ0) is 30.2. The van der Waals surface area contributed by atoms with E-state index in [1.807, 2.05) is 74.3 Å². The Balaban J connectivity index is 1.48. The van der Waals surface area contributed by atoms with Gasteiger partial charge in [0.15, 0.2) is 0 Å². The predicted octanol–water partition coefficient (Wildman–Crippen LogP) is 6.30. The molecule has 0 aliphatic heterocycles. The molecule has 1 unspecified atom stereocenters. The number of benzene rings is 3. The van der Waals surface area contributed by atoms with Gasteiger partial charge < -0.3 is 19.8 Å². The number of fused-ring (bicyclic) bond motifs is 1. The van der Waals surface area contributed by atoms with Crippen molar-refractivity contribution >= 4 is 34.7 Å². The molecule has 1 heterocycles. The second-order valence-electron chi connectivity index (χ2n) is 10.6. The van der Waals surface area contributed by atoms with Crippen LogP contribution in [0.2, 0.25) is 0 Å². The van der Waals surface area contributed by atoms with Crippen LogP contribution in [0.25, 0.3) is 22.8 Å². The van der Waals surface area contributed by atoms with E-state index >= 15 is 0 Å². The number of anilines is 1. The molecule has 2 N–H and O–H groups in total. The van der Waals surface area contributed by atoms with Gasteiger partial charge in [-0.2, -0.15) is 0 Å². The molecule has 42 heavy (non-hydrogen) atoms. The van der Waals surface area contributed by atoms with Crippen molar-refractivity contribution in [2.75, 3.05) is 18.6 Å². The van der Waals surface area contributed by atoms with E-state index in [0.29, 0.717) is 23.4 Å². The summed E-state index contributed by atoms with van der Waals surface area (Å²) in [5.41, 5.74) is 4.65. The lowest BCUT2D eigenvalue weighted by molar-refractivity contribution is -0.145. The van der Waals surface area contributed by atoms with Gasteiger partial charge in [-0.1, -0.05) is 63.4 Å². The summed E-state index contributed by atoms with van der Waals surface area (Å²) < 4.78 is 5.37. The molecule has 9 nitrogen and oxygen atoms in total. The summed E-state index contributed by atoms with van der Waals surface area (Å²) in [6.07, 6.45) is 5.25. The number of ether oxygens (including phenoxy) is 1. The van der Waals surface area contributed by atoms with Gasteiger partial charge in [0.1, 0.15) is 28.0 Å². The van der Waals surface area contributed by atoms with Gasteiger partial charge in [0.2, 0.25) is 0 Å². The quantitative estimate of drug-likeness (QED) is 0.0832. The van der Waals surface area contributed by atoms with Gasteiger partial charge in [-0.25, -0.2) is 9.59 Å². The van der Waals surface area contributed by atoms with Gasteiger partial charge in [-0.05, 0) is 66.8 Å². The molecule has 0 spiro atoms. The number of carbonyl (C=O) groups excluding carboxylic acids is 1. The minimum atomic E-state index is -1.33. The maximum absolute atomic E-state index is 12.6. The Kier molecular flexibility index (Phi) is 9.96. The number of unbranched alkanes of at least 4 members (excludes halogenated alkanes) is 1. The van der Waals surface area contributed by atoms with Gasteiger partial charge in [-0.3, -0.25) is 0 Å². The van der Waals surface area contributed by atoms with Gasteiger partial charge in [0, 0.05) is 24.8 Å². The van der Waals surface area contributed by atoms with E-state index < -0.39 is 17.5 Å². The van der Waals surface area contributed by atoms with Crippen LogP contribution in [0.15, 0.2) is 66.2 Å². The van der Waals surface area contributed by atoms with Crippen molar-refractivity contribution in [3.05, 3.63) is 82.9 Å². The lowest BCUT2D eigenvalue weighted by atomic mass is 10.0. The first kappa shape index (κ1) is 30.3. The lowest BCUT2D eigenvalue weighted by Gasteiger charge is -2.21. The topological polar surface area (TPSA) is 118 Å². The Morgan fingerprint density at radius 3 is 2.31 bits per heavy atom. The van der Waals surface area contributed by atoms with Crippen molar-refractivity contribution in [1.29, 1.82) is 0 Å². The molecule has 0 saturated carbocycles. The molecule has 0 aliphatic rings. The molecular weight excluding hydrogens is 532 g/mol. The number of hydrogen-bond donors (Lipinski definition) is 2. The zero-order valence-electron chi connectivity index (χ0n) is 24.6. The minimum Gasteiger partial charge on any atom is -0.505 e. The molecule has 0 radical (unpaired) electrons. The average Bonchev–Trinajstić information content (AvgIpc) is 3.42. The monoisotopic (exact) mass is 570 g/mol.